The lowest BCUT2D eigenvalue weighted by molar-refractivity contribution is 0.475. The summed E-state index contributed by atoms with van der Waals surface area (Å²) in [5.41, 5.74) is 1.40. The molecular weight excluding hydrogens is 288 g/mol. The van der Waals surface area contributed by atoms with Gasteiger partial charge in [-0.3, -0.25) is 4.31 Å². The normalized spacial score (nSPS) is 10.9. The molecule has 0 heterocycles. The summed E-state index contributed by atoms with van der Waals surface area (Å²) in [6, 6.07) is 12.4. The van der Waals surface area contributed by atoms with Crippen LogP contribution in [0.15, 0.2) is 47.4 Å². The van der Waals surface area contributed by atoms with Gasteiger partial charge in [0.05, 0.1) is 22.2 Å². The van der Waals surface area contributed by atoms with Crippen molar-refractivity contribution in [2.24, 2.45) is 0 Å². The number of phenols is 1. The van der Waals surface area contributed by atoms with E-state index in [1.54, 1.807) is 19.1 Å². The monoisotopic (exact) mass is 302 g/mol. The van der Waals surface area contributed by atoms with Gasteiger partial charge in [-0.25, -0.2) is 8.42 Å². The van der Waals surface area contributed by atoms with Crippen LogP contribution in [-0.4, -0.2) is 20.6 Å². The minimum Gasteiger partial charge on any atom is -0.508 e. The zero-order valence-electron chi connectivity index (χ0n) is 11.6. The summed E-state index contributed by atoms with van der Waals surface area (Å²) >= 11 is 0. The molecule has 0 saturated carbocycles. The molecule has 5 nitrogen and oxygen atoms in total. The number of phenolic OH excluding ortho intramolecular Hbond substituents is 1. The van der Waals surface area contributed by atoms with Crippen LogP contribution in [-0.2, 0) is 10.0 Å². The molecule has 0 bridgehead atoms. The molecule has 2 rings (SSSR count). The maximum atomic E-state index is 12.6. The second kappa shape index (κ2) is 5.46. The van der Waals surface area contributed by atoms with Crippen molar-refractivity contribution < 1.29 is 13.5 Å². The number of aromatic hydroxyl groups is 1. The highest BCUT2D eigenvalue weighted by molar-refractivity contribution is 7.92. The summed E-state index contributed by atoms with van der Waals surface area (Å²) in [7, 11) is -2.33. The van der Waals surface area contributed by atoms with Crippen molar-refractivity contribution in [3.05, 3.63) is 53.6 Å². The first-order valence-corrected chi connectivity index (χ1v) is 7.59. The molecule has 2 aromatic carbocycles. The summed E-state index contributed by atoms with van der Waals surface area (Å²) in [5, 5.41) is 18.3. The van der Waals surface area contributed by atoms with Gasteiger partial charge >= 0.3 is 0 Å². The van der Waals surface area contributed by atoms with E-state index >= 15 is 0 Å². The predicted octanol–water partition coefficient (Wildman–Crippen LogP) is 2.40. The maximum Gasteiger partial charge on any atom is 0.264 e. The molecule has 6 heteroatoms. The van der Waals surface area contributed by atoms with Crippen molar-refractivity contribution in [3.8, 4) is 11.8 Å². The van der Waals surface area contributed by atoms with E-state index in [1.807, 2.05) is 6.07 Å². The second-order valence-electron chi connectivity index (χ2n) is 4.58. The van der Waals surface area contributed by atoms with Gasteiger partial charge in [0, 0.05) is 13.1 Å². The lowest BCUT2D eigenvalue weighted by Gasteiger charge is -2.20. The molecule has 0 unspecified atom stereocenters. The first kappa shape index (κ1) is 14.9. The molecule has 1 N–H and O–H groups in total. The fourth-order valence-electron chi connectivity index (χ4n) is 1.91. The van der Waals surface area contributed by atoms with E-state index in [9.17, 15) is 13.5 Å². The van der Waals surface area contributed by atoms with Crippen LogP contribution >= 0.6 is 0 Å². The first-order valence-electron chi connectivity index (χ1n) is 6.15. The summed E-state index contributed by atoms with van der Waals surface area (Å²) in [6.07, 6.45) is 0. The van der Waals surface area contributed by atoms with Crippen LogP contribution in [0.25, 0.3) is 0 Å². The minimum atomic E-state index is -3.74. The zero-order chi connectivity index (χ0) is 15.6. The van der Waals surface area contributed by atoms with Gasteiger partial charge in [0.1, 0.15) is 5.75 Å². The molecule has 0 amide bonds. The van der Waals surface area contributed by atoms with Crippen molar-refractivity contribution in [1.29, 1.82) is 5.26 Å². The molecule has 0 aromatic heterocycles. The largest absolute Gasteiger partial charge is 0.508 e. The smallest absolute Gasteiger partial charge is 0.264 e. The van der Waals surface area contributed by atoms with Gasteiger partial charge < -0.3 is 5.11 Å². The number of nitriles is 1. The Balaban J connectivity index is 2.47. The van der Waals surface area contributed by atoms with Crippen molar-refractivity contribution >= 4 is 15.7 Å². The summed E-state index contributed by atoms with van der Waals surface area (Å²) in [5.74, 6) is -0.00874. The molecule has 0 aliphatic rings. The van der Waals surface area contributed by atoms with Crippen LogP contribution < -0.4 is 4.31 Å². The Labute approximate surface area is 123 Å². The Kier molecular flexibility index (Phi) is 3.87. The Hall–Kier alpha value is -2.52. The van der Waals surface area contributed by atoms with Crippen LogP contribution in [0.5, 0.6) is 5.75 Å². The molecular formula is C15H14N2O3S. The summed E-state index contributed by atoms with van der Waals surface area (Å²) < 4.78 is 26.2. The number of anilines is 1. The Bertz CT molecular complexity index is 823. The Morgan fingerprint density at radius 1 is 1.19 bits per heavy atom. The van der Waals surface area contributed by atoms with Crippen LogP contribution in [0.1, 0.15) is 11.1 Å². The number of sulfonamides is 1. The van der Waals surface area contributed by atoms with Crippen molar-refractivity contribution in [2.45, 2.75) is 11.8 Å². The number of rotatable bonds is 3. The quantitative estimate of drug-likeness (QED) is 0.944. The van der Waals surface area contributed by atoms with E-state index in [-0.39, 0.29) is 10.6 Å². The van der Waals surface area contributed by atoms with Gasteiger partial charge in [0.15, 0.2) is 0 Å². The van der Waals surface area contributed by atoms with Crippen LogP contribution in [0.4, 0.5) is 5.69 Å². The molecule has 108 valence electrons. The van der Waals surface area contributed by atoms with Gasteiger partial charge in [-0.05, 0) is 42.8 Å². The van der Waals surface area contributed by atoms with Crippen LogP contribution in [0.3, 0.4) is 0 Å². The third-order valence-corrected chi connectivity index (χ3v) is 4.95. The highest BCUT2D eigenvalue weighted by Crippen LogP contribution is 2.25. The summed E-state index contributed by atoms with van der Waals surface area (Å²) in [4.78, 5) is 0.102. The highest BCUT2D eigenvalue weighted by Gasteiger charge is 2.22. The van der Waals surface area contributed by atoms with E-state index in [2.05, 4.69) is 0 Å². The number of hydrogen-bond donors (Lipinski definition) is 1. The van der Waals surface area contributed by atoms with E-state index in [0.717, 1.165) is 4.31 Å². The second-order valence-corrected chi connectivity index (χ2v) is 6.55. The van der Waals surface area contributed by atoms with Gasteiger partial charge in [-0.2, -0.15) is 5.26 Å². The fourth-order valence-corrected chi connectivity index (χ4v) is 3.18. The van der Waals surface area contributed by atoms with E-state index in [4.69, 9.17) is 5.26 Å². The Morgan fingerprint density at radius 2 is 1.90 bits per heavy atom. The number of nitrogens with zero attached hydrogens (tertiary/aromatic N) is 2. The third kappa shape index (κ3) is 2.83. The standard InChI is InChI=1S/C15H14N2O3S/c1-11-8-15(7-6-12(11)10-16)21(19,20)17(2)13-4-3-5-14(18)9-13/h3-9,18H,1-2H3. The SMILES string of the molecule is Cc1cc(S(=O)(=O)N(C)c2cccc(O)c2)ccc1C#N. The van der Waals surface area contributed by atoms with E-state index in [0.29, 0.717) is 16.8 Å². The van der Waals surface area contributed by atoms with Crippen molar-refractivity contribution in [3.63, 3.8) is 0 Å². The molecule has 0 aliphatic heterocycles. The molecule has 0 saturated heterocycles. The Morgan fingerprint density at radius 3 is 2.48 bits per heavy atom. The topological polar surface area (TPSA) is 81.4 Å². The molecule has 21 heavy (non-hydrogen) atoms. The molecule has 0 radical (unpaired) electrons. The average molecular weight is 302 g/mol. The van der Waals surface area contributed by atoms with E-state index < -0.39 is 10.0 Å². The average Bonchev–Trinajstić information content (AvgIpc) is 2.46. The number of benzene rings is 2. The van der Waals surface area contributed by atoms with Crippen LogP contribution in [0, 0.1) is 18.3 Å². The maximum absolute atomic E-state index is 12.6. The lowest BCUT2D eigenvalue weighted by atomic mass is 10.1. The number of aryl methyl sites for hydroxylation is 1. The van der Waals surface area contributed by atoms with E-state index in [1.165, 1.54) is 37.4 Å². The highest BCUT2D eigenvalue weighted by atomic mass is 32.2. The lowest BCUT2D eigenvalue weighted by Crippen LogP contribution is -2.26. The van der Waals surface area contributed by atoms with Gasteiger partial charge in [0.25, 0.3) is 10.0 Å². The van der Waals surface area contributed by atoms with Gasteiger partial charge in [-0.1, -0.05) is 6.07 Å². The third-order valence-electron chi connectivity index (χ3n) is 3.17. The van der Waals surface area contributed by atoms with Crippen LogP contribution in [0.2, 0.25) is 0 Å². The minimum absolute atomic E-state index is 0.00874. The molecule has 0 fully saturated rings. The first-order chi connectivity index (χ1) is 9.86. The van der Waals surface area contributed by atoms with Crippen molar-refractivity contribution in [2.75, 3.05) is 11.4 Å². The van der Waals surface area contributed by atoms with Gasteiger partial charge in [0.2, 0.25) is 0 Å². The fraction of sp³-hybridized carbons (Fsp3) is 0.133. The summed E-state index contributed by atoms with van der Waals surface area (Å²) in [6.45, 7) is 1.69. The molecule has 0 spiro atoms. The van der Waals surface area contributed by atoms with Crippen molar-refractivity contribution in [1.82, 2.24) is 0 Å². The molecule has 2 aromatic rings. The van der Waals surface area contributed by atoms with Gasteiger partial charge in [-0.15, -0.1) is 0 Å². The zero-order valence-corrected chi connectivity index (χ0v) is 12.4. The number of hydrogen-bond acceptors (Lipinski definition) is 4. The molecule has 0 aliphatic carbocycles. The predicted molar refractivity (Wildman–Crippen MR) is 79.6 cm³/mol. The molecule has 0 atom stereocenters.